The van der Waals surface area contributed by atoms with Crippen LogP contribution >= 0.6 is 0 Å². The van der Waals surface area contributed by atoms with E-state index in [2.05, 4.69) is 4.90 Å². The normalized spacial score (nSPS) is 17.7. The average Bonchev–Trinajstić information content (AvgIpc) is 2.79. The van der Waals surface area contributed by atoms with E-state index >= 15 is 0 Å². The van der Waals surface area contributed by atoms with Crippen LogP contribution in [0.5, 0.6) is 0 Å². The molecule has 1 aromatic carbocycles. The van der Waals surface area contributed by atoms with Crippen molar-refractivity contribution in [3.05, 3.63) is 34.9 Å². The highest BCUT2D eigenvalue weighted by Crippen LogP contribution is 2.36. The smallest absolute Gasteiger partial charge is 0.299 e. The van der Waals surface area contributed by atoms with Gasteiger partial charge in [0.1, 0.15) is 0 Å². The summed E-state index contributed by atoms with van der Waals surface area (Å²) in [5.74, 6) is 0. The molecule has 0 radical (unpaired) electrons. The molecule has 1 aliphatic heterocycles. The lowest BCUT2D eigenvalue weighted by Gasteiger charge is -2.24. The average molecular weight is 285 g/mol. The van der Waals surface area contributed by atoms with Gasteiger partial charge in [-0.3, -0.25) is 4.90 Å². The molecule has 0 bridgehead atoms. The van der Waals surface area contributed by atoms with Gasteiger partial charge in [0.15, 0.2) is 0 Å². The lowest BCUT2D eigenvalue weighted by molar-refractivity contribution is -0.138. The van der Waals surface area contributed by atoms with E-state index in [9.17, 15) is 13.2 Å². The Hall–Kier alpha value is -1.03. The predicted molar refractivity (Wildman–Crippen MR) is 74.7 cm³/mol. The summed E-state index contributed by atoms with van der Waals surface area (Å²) in [6, 6.07) is 4.81. The van der Waals surface area contributed by atoms with E-state index in [1.54, 1.807) is 6.07 Å². The van der Waals surface area contributed by atoms with Crippen molar-refractivity contribution in [1.29, 1.82) is 0 Å². The highest BCUT2D eigenvalue weighted by molar-refractivity contribution is 5.37. The molecule has 0 amide bonds. The third-order valence-corrected chi connectivity index (χ3v) is 3.87. The van der Waals surface area contributed by atoms with Gasteiger partial charge in [0.25, 0.3) is 0 Å². The van der Waals surface area contributed by atoms with Crippen molar-refractivity contribution in [2.45, 2.75) is 51.7 Å². The van der Waals surface area contributed by atoms with Gasteiger partial charge in [-0.2, -0.15) is 13.2 Å². The van der Waals surface area contributed by atoms with E-state index in [0.29, 0.717) is 12.1 Å². The first-order valence-electron chi connectivity index (χ1n) is 7.11. The monoisotopic (exact) mass is 285 g/mol. The molecule has 20 heavy (non-hydrogen) atoms. The van der Waals surface area contributed by atoms with Crippen molar-refractivity contribution in [1.82, 2.24) is 4.90 Å². The second kappa shape index (κ2) is 5.40. The molecule has 1 nitrogen and oxygen atoms in total. The summed E-state index contributed by atoms with van der Waals surface area (Å²) < 4.78 is 39.8. The lowest BCUT2D eigenvalue weighted by Crippen LogP contribution is -2.22. The number of hydrogen-bond acceptors (Lipinski definition) is 1. The zero-order valence-corrected chi connectivity index (χ0v) is 12.3. The van der Waals surface area contributed by atoms with E-state index in [1.807, 2.05) is 26.8 Å². The molecule has 0 spiro atoms. The molecule has 0 atom stereocenters. The Bertz CT molecular complexity index is 466. The second-order valence-electron chi connectivity index (χ2n) is 6.60. The third-order valence-electron chi connectivity index (χ3n) is 3.87. The van der Waals surface area contributed by atoms with Crippen molar-refractivity contribution in [2.24, 2.45) is 0 Å². The van der Waals surface area contributed by atoms with Crippen molar-refractivity contribution in [3.8, 4) is 0 Å². The number of rotatable bonds is 2. The summed E-state index contributed by atoms with van der Waals surface area (Å²) in [4.78, 5) is 2.10. The van der Waals surface area contributed by atoms with Crippen LogP contribution in [-0.4, -0.2) is 18.0 Å². The van der Waals surface area contributed by atoms with Crippen LogP contribution in [0.2, 0.25) is 0 Å². The topological polar surface area (TPSA) is 3.24 Å². The van der Waals surface area contributed by atoms with E-state index in [0.717, 1.165) is 31.5 Å². The summed E-state index contributed by atoms with van der Waals surface area (Å²) >= 11 is 0. The van der Waals surface area contributed by atoms with Gasteiger partial charge in [0.05, 0.1) is 5.56 Å². The largest absolute Gasteiger partial charge is 0.416 e. The van der Waals surface area contributed by atoms with Crippen LogP contribution in [0, 0.1) is 0 Å². The highest BCUT2D eigenvalue weighted by Gasteiger charge is 2.35. The van der Waals surface area contributed by atoms with Gasteiger partial charge in [-0.1, -0.05) is 32.9 Å². The zero-order chi connectivity index (χ0) is 15.0. The van der Waals surface area contributed by atoms with Gasteiger partial charge in [-0.25, -0.2) is 0 Å². The van der Waals surface area contributed by atoms with Crippen molar-refractivity contribution in [2.75, 3.05) is 13.1 Å². The molecule has 1 saturated heterocycles. The van der Waals surface area contributed by atoms with Crippen LogP contribution in [0.4, 0.5) is 13.2 Å². The summed E-state index contributed by atoms with van der Waals surface area (Å²) in [6.45, 7) is 8.00. The molecule has 2 rings (SSSR count). The molecular formula is C16H22F3N. The highest BCUT2D eigenvalue weighted by atomic mass is 19.4. The van der Waals surface area contributed by atoms with Gasteiger partial charge in [0.2, 0.25) is 0 Å². The standard InChI is InChI=1S/C16H22F3N/c1-15(2,3)13-7-6-12(11-20-8-4-5-9-20)14(10-13)16(17,18)19/h6-7,10H,4-5,8-9,11H2,1-3H3. The van der Waals surface area contributed by atoms with Crippen LogP contribution < -0.4 is 0 Å². The molecular weight excluding hydrogens is 263 g/mol. The summed E-state index contributed by atoms with van der Waals surface area (Å²) in [7, 11) is 0. The number of benzene rings is 1. The van der Waals surface area contributed by atoms with Gasteiger partial charge in [0, 0.05) is 6.54 Å². The molecule has 1 heterocycles. The molecule has 0 aromatic heterocycles. The summed E-state index contributed by atoms with van der Waals surface area (Å²) in [5.41, 5.74) is 0.380. The van der Waals surface area contributed by atoms with E-state index in [4.69, 9.17) is 0 Å². The number of hydrogen-bond donors (Lipinski definition) is 0. The summed E-state index contributed by atoms with van der Waals surface area (Å²) in [6.07, 6.45) is -2.11. The van der Waals surface area contributed by atoms with E-state index in [-0.39, 0.29) is 5.41 Å². The van der Waals surface area contributed by atoms with Crippen molar-refractivity contribution < 1.29 is 13.2 Å². The maximum Gasteiger partial charge on any atom is 0.416 e. The fraction of sp³-hybridized carbons (Fsp3) is 0.625. The Labute approximate surface area is 118 Å². The van der Waals surface area contributed by atoms with Crippen LogP contribution in [0.1, 0.15) is 50.3 Å². The van der Waals surface area contributed by atoms with Gasteiger partial charge >= 0.3 is 6.18 Å². The molecule has 0 aliphatic carbocycles. The molecule has 0 saturated carbocycles. The van der Waals surface area contributed by atoms with Gasteiger partial charge < -0.3 is 0 Å². The fourth-order valence-electron chi connectivity index (χ4n) is 2.63. The van der Waals surface area contributed by atoms with Crippen LogP contribution in [0.15, 0.2) is 18.2 Å². The minimum atomic E-state index is -4.28. The van der Waals surface area contributed by atoms with Crippen molar-refractivity contribution >= 4 is 0 Å². The van der Waals surface area contributed by atoms with E-state index < -0.39 is 11.7 Å². The quantitative estimate of drug-likeness (QED) is 0.767. The Morgan fingerprint density at radius 1 is 1.05 bits per heavy atom. The van der Waals surface area contributed by atoms with Crippen LogP contribution in [0.3, 0.4) is 0 Å². The van der Waals surface area contributed by atoms with E-state index in [1.165, 1.54) is 6.07 Å². The second-order valence-corrected chi connectivity index (χ2v) is 6.60. The lowest BCUT2D eigenvalue weighted by atomic mass is 9.85. The first-order chi connectivity index (χ1) is 9.18. The number of likely N-dealkylation sites (tertiary alicyclic amines) is 1. The third kappa shape index (κ3) is 3.54. The van der Waals surface area contributed by atoms with Crippen LogP contribution in [0.25, 0.3) is 0 Å². The molecule has 0 unspecified atom stereocenters. The number of alkyl halides is 3. The zero-order valence-electron chi connectivity index (χ0n) is 12.3. The summed E-state index contributed by atoms with van der Waals surface area (Å²) in [5, 5.41) is 0. The maximum atomic E-state index is 13.3. The van der Waals surface area contributed by atoms with Crippen molar-refractivity contribution in [3.63, 3.8) is 0 Å². The number of nitrogens with zero attached hydrogens (tertiary/aromatic N) is 1. The Morgan fingerprint density at radius 3 is 2.15 bits per heavy atom. The first-order valence-corrected chi connectivity index (χ1v) is 7.11. The SMILES string of the molecule is CC(C)(C)c1ccc(CN2CCCC2)c(C(F)(F)F)c1. The maximum absolute atomic E-state index is 13.3. The van der Waals surface area contributed by atoms with Crippen LogP contribution in [-0.2, 0) is 18.1 Å². The predicted octanol–water partition coefficient (Wildman–Crippen LogP) is 4.60. The minimum absolute atomic E-state index is 0.272. The number of halogens is 3. The molecule has 1 aliphatic rings. The molecule has 0 N–H and O–H groups in total. The Balaban J connectivity index is 2.35. The minimum Gasteiger partial charge on any atom is -0.299 e. The molecule has 4 heteroatoms. The van der Waals surface area contributed by atoms with Gasteiger partial charge in [-0.05, 0) is 48.5 Å². The molecule has 1 aromatic rings. The Kier molecular flexibility index (Phi) is 4.14. The first kappa shape index (κ1) is 15.4. The Morgan fingerprint density at radius 2 is 1.65 bits per heavy atom. The molecule has 112 valence electrons. The molecule has 1 fully saturated rings. The fourth-order valence-corrected chi connectivity index (χ4v) is 2.63. The van der Waals surface area contributed by atoms with Gasteiger partial charge in [-0.15, -0.1) is 0 Å².